The normalized spacial score (nSPS) is 23.0. The molecule has 0 saturated carbocycles. The lowest BCUT2D eigenvalue weighted by Crippen LogP contribution is -2.50. The zero-order chi connectivity index (χ0) is 18.9. The summed E-state index contributed by atoms with van der Waals surface area (Å²) >= 11 is 0. The molecule has 136 valence electrons. The molecule has 3 unspecified atom stereocenters. The first kappa shape index (κ1) is 20.1. The number of carbonyl (C=O) groups is 2. The fourth-order valence-corrected chi connectivity index (χ4v) is 2.56. The number of ether oxygens (including phenoxy) is 1. The van der Waals surface area contributed by atoms with Gasteiger partial charge in [-0.3, -0.25) is 0 Å². The number of amides is 1. The quantitative estimate of drug-likeness (QED) is 0.815. The summed E-state index contributed by atoms with van der Waals surface area (Å²) in [6, 6.07) is -1.53. The van der Waals surface area contributed by atoms with E-state index in [1.165, 1.54) is 19.9 Å². The van der Waals surface area contributed by atoms with E-state index >= 15 is 0 Å². The van der Waals surface area contributed by atoms with Crippen LogP contribution in [0.2, 0.25) is 0 Å². The molecule has 3 atom stereocenters. The van der Waals surface area contributed by atoms with Gasteiger partial charge in [-0.1, -0.05) is 24.6 Å². The van der Waals surface area contributed by atoms with Crippen LogP contribution < -0.4 is 5.32 Å². The number of alkyl halides is 3. The average Bonchev–Trinajstić information content (AvgIpc) is 2.34. The number of hydrogen-bond acceptors (Lipinski definition) is 3. The van der Waals surface area contributed by atoms with E-state index in [4.69, 9.17) is 4.74 Å². The van der Waals surface area contributed by atoms with Gasteiger partial charge in [0.15, 0.2) is 0 Å². The molecule has 24 heavy (non-hydrogen) atoms. The topological polar surface area (TPSA) is 75.6 Å². The van der Waals surface area contributed by atoms with Crippen LogP contribution >= 0.6 is 0 Å². The molecule has 1 rings (SSSR count). The van der Waals surface area contributed by atoms with Crippen molar-refractivity contribution in [3.63, 3.8) is 0 Å². The summed E-state index contributed by atoms with van der Waals surface area (Å²) < 4.78 is 44.4. The Morgan fingerprint density at radius 2 is 1.83 bits per heavy atom. The largest absolute Gasteiger partial charge is 0.480 e. The van der Waals surface area contributed by atoms with Crippen LogP contribution in [0, 0.1) is 11.8 Å². The number of hydrogen-bond donors (Lipinski definition) is 2. The third kappa shape index (κ3) is 5.28. The summed E-state index contributed by atoms with van der Waals surface area (Å²) in [5, 5.41) is 11.5. The average molecular weight is 349 g/mol. The van der Waals surface area contributed by atoms with Crippen LogP contribution in [0.1, 0.15) is 34.6 Å². The van der Waals surface area contributed by atoms with Crippen molar-refractivity contribution in [2.75, 3.05) is 0 Å². The van der Waals surface area contributed by atoms with E-state index in [2.05, 4.69) is 5.32 Å². The predicted molar refractivity (Wildman–Crippen MR) is 81.3 cm³/mol. The van der Waals surface area contributed by atoms with Gasteiger partial charge in [0.2, 0.25) is 0 Å². The molecule has 0 heterocycles. The van der Waals surface area contributed by atoms with Gasteiger partial charge in [0, 0.05) is 11.5 Å². The third-order valence-electron chi connectivity index (χ3n) is 3.56. The maximum Gasteiger partial charge on any atom is 0.412 e. The number of carbonyl (C=O) groups excluding carboxylic acids is 1. The van der Waals surface area contributed by atoms with Crippen LogP contribution in [-0.2, 0) is 9.53 Å². The number of halogens is 3. The summed E-state index contributed by atoms with van der Waals surface area (Å²) in [5.41, 5.74) is -1.37. The Labute approximate surface area is 138 Å². The first-order chi connectivity index (χ1) is 10.7. The molecule has 1 aliphatic carbocycles. The molecule has 0 fully saturated rings. The van der Waals surface area contributed by atoms with Crippen molar-refractivity contribution in [1.82, 2.24) is 5.32 Å². The molecule has 2 N–H and O–H groups in total. The molecule has 0 aliphatic heterocycles. The van der Waals surface area contributed by atoms with Crippen molar-refractivity contribution >= 4 is 12.1 Å². The van der Waals surface area contributed by atoms with Gasteiger partial charge in [0.25, 0.3) is 0 Å². The van der Waals surface area contributed by atoms with Crippen molar-refractivity contribution in [3.05, 3.63) is 23.3 Å². The molecular formula is C16H22F3NO4. The molecule has 0 aromatic rings. The van der Waals surface area contributed by atoms with Crippen molar-refractivity contribution in [1.29, 1.82) is 0 Å². The lowest BCUT2D eigenvalue weighted by atomic mass is 9.77. The summed E-state index contributed by atoms with van der Waals surface area (Å²) in [6.45, 7) is 7.54. The van der Waals surface area contributed by atoms with E-state index < -0.39 is 47.3 Å². The summed E-state index contributed by atoms with van der Waals surface area (Å²) in [6.07, 6.45) is -3.14. The second-order valence-corrected chi connectivity index (χ2v) is 6.84. The van der Waals surface area contributed by atoms with Gasteiger partial charge in [-0.2, -0.15) is 13.2 Å². The maximum atomic E-state index is 13.1. The summed E-state index contributed by atoms with van der Waals surface area (Å²) in [5.74, 6) is -3.59. The highest BCUT2D eigenvalue weighted by molar-refractivity contribution is 5.81. The molecule has 8 heteroatoms. The van der Waals surface area contributed by atoms with Gasteiger partial charge in [-0.25, -0.2) is 9.59 Å². The van der Waals surface area contributed by atoms with E-state index in [1.807, 2.05) is 0 Å². The van der Waals surface area contributed by atoms with Crippen LogP contribution in [0.15, 0.2) is 23.3 Å². The summed E-state index contributed by atoms with van der Waals surface area (Å²) in [4.78, 5) is 23.3. The minimum absolute atomic E-state index is 0.294. The minimum Gasteiger partial charge on any atom is -0.480 e. The van der Waals surface area contributed by atoms with E-state index in [0.717, 1.165) is 6.08 Å². The van der Waals surface area contributed by atoms with E-state index in [1.54, 1.807) is 20.8 Å². The van der Waals surface area contributed by atoms with E-state index in [-0.39, 0.29) is 0 Å². The zero-order valence-corrected chi connectivity index (χ0v) is 14.2. The smallest absolute Gasteiger partial charge is 0.412 e. The van der Waals surface area contributed by atoms with Crippen LogP contribution in [0.4, 0.5) is 18.0 Å². The lowest BCUT2D eigenvalue weighted by molar-refractivity contribution is -0.141. The SMILES string of the molecule is CC1=CC(C(NC(=O)OC(C)(C)C)C(=O)O)C(C)C(C(F)(F)F)=C1. The van der Waals surface area contributed by atoms with Gasteiger partial charge >= 0.3 is 18.2 Å². The molecule has 5 nitrogen and oxygen atoms in total. The lowest BCUT2D eigenvalue weighted by Gasteiger charge is -2.33. The van der Waals surface area contributed by atoms with E-state index in [9.17, 15) is 27.9 Å². The van der Waals surface area contributed by atoms with Gasteiger partial charge in [0.05, 0.1) is 0 Å². The predicted octanol–water partition coefficient (Wildman–Crippen LogP) is 3.67. The molecule has 1 amide bonds. The number of allylic oxidation sites excluding steroid dienone is 3. The maximum absolute atomic E-state index is 13.1. The first-order valence-corrected chi connectivity index (χ1v) is 7.42. The van der Waals surface area contributed by atoms with Gasteiger partial charge in [-0.05, 0) is 33.6 Å². The molecule has 0 saturated heterocycles. The number of carboxylic acids is 1. The number of rotatable bonds is 3. The fraction of sp³-hybridized carbons (Fsp3) is 0.625. The highest BCUT2D eigenvalue weighted by Gasteiger charge is 2.44. The fourth-order valence-electron chi connectivity index (χ4n) is 2.56. The Hall–Kier alpha value is -1.99. The number of alkyl carbamates (subject to hydrolysis) is 1. The standard InChI is InChI=1S/C16H22F3NO4/c1-8-6-10(9(2)11(7-8)16(17,18)19)12(13(21)22)20-14(23)24-15(3,4)5/h6-7,9-10,12H,1-5H3,(H,20,23)(H,21,22). The van der Waals surface area contributed by atoms with Crippen LogP contribution in [0.3, 0.4) is 0 Å². The second kappa shape index (κ2) is 6.86. The molecule has 0 bridgehead atoms. The zero-order valence-electron chi connectivity index (χ0n) is 14.2. The molecular weight excluding hydrogens is 327 g/mol. The molecule has 0 radical (unpaired) electrons. The molecule has 0 spiro atoms. The van der Waals surface area contributed by atoms with Crippen LogP contribution in [0.25, 0.3) is 0 Å². The highest BCUT2D eigenvalue weighted by atomic mass is 19.4. The van der Waals surface area contributed by atoms with Crippen molar-refractivity contribution in [2.24, 2.45) is 11.8 Å². The number of carboxylic acid groups (broad SMARTS) is 1. The van der Waals surface area contributed by atoms with Gasteiger partial charge < -0.3 is 15.2 Å². The Morgan fingerprint density at radius 3 is 2.25 bits per heavy atom. The number of nitrogens with one attached hydrogen (secondary N) is 1. The van der Waals surface area contributed by atoms with Crippen molar-refractivity contribution < 1.29 is 32.6 Å². The minimum atomic E-state index is -4.57. The van der Waals surface area contributed by atoms with Crippen LogP contribution in [-0.4, -0.2) is 35.0 Å². The van der Waals surface area contributed by atoms with Crippen molar-refractivity contribution in [2.45, 2.75) is 52.4 Å². The van der Waals surface area contributed by atoms with E-state index in [0.29, 0.717) is 5.57 Å². The Morgan fingerprint density at radius 1 is 1.29 bits per heavy atom. The Kier molecular flexibility index (Phi) is 5.74. The van der Waals surface area contributed by atoms with Crippen LogP contribution in [0.5, 0.6) is 0 Å². The highest BCUT2D eigenvalue weighted by Crippen LogP contribution is 2.40. The Bertz CT molecular complexity index is 573. The molecule has 1 aliphatic rings. The second-order valence-electron chi connectivity index (χ2n) is 6.84. The Balaban J connectivity index is 3.07. The molecule has 0 aromatic carbocycles. The number of aliphatic carboxylic acids is 1. The first-order valence-electron chi connectivity index (χ1n) is 7.42. The summed E-state index contributed by atoms with van der Waals surface area (Å²) in [7, 11) is 0. The monoisotopic (exact) mass is 349 g/mol. The third-order valence-corrected chi connectivity index (χ3v) is 3.56. The van der Waals surface area contributed by atoms with Gasteiger partial charge in [-0.15, -0.1) is 0 Å². The van der Waals surface area contributed by atoms with Gasteiger partial charge in [0.1, 0.15) is 11.6 Å². The molecule has 0 aromatic heterocycles. The van der Waals surface area contributed by atoms with Crippen molar-refractivity contribution in [3.8, 4) is 0 Å².